The van der Waals surface area contributed by atoms with Crippen molar-refractivity contribution in [3.8, 4) is 0 Å². The van der Waals surface area contributed by atoms with Crippen LogP contribution in [0.2, 0.25) is 0 Å². The zero-order chi connectivity index (χ0) is 38.4. The third-order valence-corrected chi connectivity index (χ3v) is 14.3. The Hall–Kier alpha value is -1.70. The summed E-state index contributed by atoms with van der Waals surface area (Å²) in [6, 6.07) is 0.341. The number of cyclic esters (lactones) is 1. The quantitative estimate of drug-likeness (QED) is 0.208. The molecule has 0 radical (unpaired) electrons. The van der Waals surface area contributed by atoms with Crippen LogP contribution in [0.25, 0.3) is 0 Å². The summed E-state index contributed by atoms with van der Waals surface area (Å²) in [4.78, 5) is 30.8. The van der Waals surface area contributed by atoms with Crippen molar-refractivity contribution in [1.82, 2.24) is 4.90 Å². The second-order valence-electron chi connectivity index (χ2n) is 17.8. The number of methoxy groups -OCH3 is 3. The van der Waals surface area contributed by atoms with E-state index in [4.69, 9.17) is 37.9 Å². The summed E-state index contributed by atoms with van der Waals surface area (Å²) in [5.74, 6) is 0.541. The average Bonchev–Trinajstić information content (AvgIpc) is 3.81. The molecule has 2 saturated carbocycles. The molecule has 0 bridgehead atoms. The van der Waals surface area contributed by atoms with Gasteiger partial charge in [-0.2, -0.15) is 0 Å². The van der Waals surface area contributed by atoms with Gasteiger partial charge in [-0.1, -0.05) is 24.6 Å². The van der Waals surface area contributed by atoms with Gasteiger partial charge in [0.2, 0.25) is 0 Å². The van der Waals surface area contributed by atoms with E-state index in [-0.39, 0.29) is 96.8 Å². The van der Waals surface area contributed by atoms with Crippen molar-refractivity contribution in [2.24, 2.45) is 41.4 Å². The normalized spacial score (nSPS) is 46.1. The first-order valence-corrected chi connectivity index (χ1v) is 20.9. The molecule has 3 heterocycles. The van der Waals surface area contributed by atoms with Crippen molar-refractivity contribution in [2.75, 3.05) is 35.4 Å². The maximum Gasteiger partial charge on any atom is 0.306 e. The highest BCUT2D eigenvalue weighted by molar-refractivity contribution is 5.99. The molecular formula is C43H67NO10. The zero-order valence-corrected chi connectivity index (χ0v) is 34.1. The summed E-state index contributed by atoms with van der Waals surface area (Å²) in [7, 11) is 9.19. The van der Waals surface area contributed by atoms with Gasteiger partial charge < -0.3 is 42.8 Å². The van der Waals surface area contributed by atoms with Gasteiger partial charge in [-0.15, -0.1) is 0 Å². The number of esters is 1. The number of allylic oxidation sites excluding steroid dienone is 4. The van der Waals surface area contributed by atoms with Crippen molar-refractivity contribution in [3.05, 3.63) is 23.3 Å². The zero-order valence-electron chi connectivity index (χ0n) is 34.1. The second kappa shape index (κ2) is 17.0. The van der Waals surface area contributed by atoms with Gasteiger partial charge in [0.1, 0.15) is 24.4 Å². The van der Waals surface area contributed by atoms with E-state index in [0.29, 0.717) is 17.9 Å². The molecule has 7 rings (SSSR count). The standard InChI is InChI=1S/C43H67NO10/c1-22-17-29-31(30-19-27(18-28(22)30)52-43-42(49-9)41(48-8)40(47-7)25(4)51-43)20-33-32(29)21-37(45)53-36(26-13-14-26)12-10-11-35(23(2)39(33)46)54-38-16-15-34(44(5)6)24(3)50-38/h17,20,23-32,34-36,38,40-43H,10-16,18-19,21H2,1-9H3. The number of nitrogens with zero attached hydrogens (tertiary/aromatic N) is 1. The van der Waals surface area contributed by atoms with E-state index >= 15 is 0 Å². The van der Waals surface area contributed by atoms with Gasteiger partial charge in [0.05, 0.1) is 30.8 Å². The molecule has 7 aliphatic rings. The van der Waals surface area contributed by atoms with Crippen LogP contribution in [0.3, 0.4) is 0 Å². The first-order valence-electron chi connectivity index (χ1n) is 20.9. The largest absolute Gasteiger partial charge is 0.462 e. The van der Waals surface area contributed by atoms with E-state index in [1.54, 1.807) is 21.3 Å². The molecule has 0 amide bonds. The minimum absolute atomic E-state index is 0.0408. The lowest BCUT2D eigenvalue weighted by atomic mass is 9.67. The summed E-state index contributed by atoms with van der Waals surface area (Å²) in [5, 5.41) is 0. The molecule has 0 aromatic rings. The van der Waals surface area contributed by atoms with Crippen molar-refractivity contribution >= 4 is 11.8 Å². The highest BCUT2D eigenvalue weighted by Gasteiger charge is 2.54. The summed E-state index contributed by atoms with van der Waals surface area (Å²) in [6.45, 7) is 8.35. The fourth-order valence-electron chi connectivity index (χ4n) is 11.2. The highest BCUT2D eigenvalue weighted by Crippen LogP contribution is 2.56. The third kappa shape index (κ3) is 8.17. The van der Waals surface area contributed by atoms with Gasteiger partial charge in [-0.25, -0.2) is 0 Å². The number of likely N-dealkylation sites (N-methyl/N-ethyl adjacent to an activating group) is 1. The Labute approximate surface area is 323 Å². The van der Waals surface area contributed by atoms with Gasteiger partial charge in [0.15, 0.2) is 18.4 Å². The number of hydrogen-bond donors (Lipinski definition) is 0. The predicted octanol–water partition coefficient (Wildman–Crippen LogP) is 5.88. The van der Waals surface area contributed by atoms with Crippen LogP contribution in [0.1, 0.15) is 91.9 Å². The Kier molecular flexibility index (Phi) is 12.8. The Bertz CT molecular complexity index is 1400. The molecule has 0 N–H and O–H groups in total. The molecule has 5 fully saturated rings. The minimum atomic E-state index is -0.595. The van der Waals surface area contributed by atoms with E-state index in [9.17, 15) is 9.59 Å². The van der Waals surface area contributed by atoms with Crippen LogP contribution in [0.4, 0.5) is 0 Å². The topological polar surface area (TPSA) is 111 Å². The molecule has 17 atom stereocenters. The summed E-state index contributed by atoms with van der Waals surface area (Å²) in [6.07, 6.45) is 10.3. The smallest absolute Gasteiger partial charge is 0.306 e. The minimum Gasteiger partial charge on any atom is -0.462 e. The van der Waals surface area contributed by atoms with Gasteiger partial charge in [-0.05, 0) is 128 Å². The summed E-state index contributed by atoms with van der Waals surface area (Å²) >= 11 is 0. The molecule has 0 aromatic carbocycles. The highest BCUT2D eigenvalue weighted by atomic mass is 16.7. The number of carbonyl (C=O) groups excluding carboxylic acids is 2. The number of ketones is 1. The maximum atomic E-state index is 14.8. The number of Topliss-reactive ketones (excluding diaryl/α,β-unsaturated/α-hetero) is 1. The number of carbonyl (C=O) groups is 2. The van der Waals surface area contributed by atoms with E-state index in [2.05, 4.69) is 45.0 Å². The van der Waals surface area contributed by atoms with Crippen LogP contribution in [0.5, 0.6) is 0 Å². The van der Waals surface area contributed by atoms with Crippen LogP contribution in [0, 0.1) is 41.4 Å². The molecule has 0 spiro atoms. The first-order chi connectivity index (χ1) is 25.9. The van der Waals surface area contributed by atoms with E-state index in [1.807, 2.05) is 13.8 Å². The predicted molar refractivity (Wildman–Crippen MR) is 201 cm³/mol. The van der Waals surface area contributed by atoms with Crippen molar-refractivity contribution in [2.45, 2.75) is 159 Å². The van der Waals surface area contributed by atoms with Crippen LogP contribution in [0.15, 0.2) is 23.3 Å². The second-order valence-corrected chi connectivity index (χ2v) is 17.8. The third-order valence-electron chi connectivity index (χ3n) is 14.3. The van der Waals surface area contributed by atoms with Crippen LogP contribution in [-0.4, -0.2) is 120 Å². The molecule has 11 nitrogen and oxygen atoms in total. The average molecular weight is 758 g/mol. The first kappa shape index (κ1) is 40.5. The molecule has 3 saturated heterocycles. The SMILES string of the molecule is COC1C(C)OC(OC2CC3C(C)=CC4C5CC(=O)OC(C6CC6)CCCC(OC6CCC(N(C)C)C(C)O6)C(C)C(=O)C5=CC4C3C2)C(OC)C1OC. The number of hydrogen-bond acceptors (Lipinski definition) is 11. The fourth-order valence-corrected chi connectivity index (χ4v) is 11.2. The molecular weight excluding hydrogens is 690 g/mol. The number of fused-ring (bicyclic) bond motifs is 5. The monoisotopic (exact) mass is 757 g/mol. The van der Waals surface area contributed by atoms with E-state index < -0.39 is 12.4 Å². The van der Waals surface area contributed by atoms with E-state index in [0.717, 1.165) is 63.4 Å². The van der Waals surface area contributed by atoms with Gasteiger partial charge in [0.25, 0.3) is 0 Å². The van der Waals surface area contributed by atoms with Crippen LogP contribution < -0.4 is 0 Å². The van der Waals surface area contributed by atoms with Gasteiger partial charge in [-0.3, -0.25) is 9.59 Å². The molecule has 11 heteroatoms. The number of rotatable bonds is 9. The maximum absolute atomic E-state index is 14.8. The molecule has 54 heavy (non-hydrogen) atoms. The van der Waals surface area contributed by atoms with Crippen LogP contribution >= 0.6 is 0 Å². The fraction of sp³-hybridized carbons (Fsp3) is 0.860. The lowest BCUT2D eigenvalue weighted by Gasteiger charge is -2.44. The molecule has 0 aromatic heterocycles. The Balaban J connectivity index is 1.12. The van der Waals surface area contributed by atoms with Crippen molar-refractivity contribution in [3.63, 3.8) is 0 Å². The van der Waals surface area contributed by atoms with Crippen LogP contribution in [-0.2, 0) is 47.5 Å². The Morgan fingerprint density at radius 3 is 2.17 bits per heavy atom. The number of ether oxygens (including phenoxy) is 8. The molecule has 4 aliphatic carbocycles. The summed E-state index contributed by atoms with van der Waals surface area (Å²) in [5.41, 5.74) is 2.10. The van der Waals surface area contributed by atoms with Gasteiger partial charge in [0, 0.05) is 39.2 Å². The van der Waals surface area contributed by atoms with Gasteiger partial charge >= 0.3 is 5.97 Å². The van der Waals surface area contributed by atoms with Crippen molar-refractivity contribution < 1.29 is 47.5 Å². The Morgan fingerprint density at radius 1 is 0.759 bits per heavy atom. The lowest BCUT2D eigenvalue weighted by Crippen LogP contribution is -2.59. The van der Waals surface area contributed by atoms with E-state index in [1.165, 1.54) is 5.57 Å². The summed E-state index contributed by atoms with van der Waals surface area (Å²) < 4.78 is 50.1. The lowest BCUT2D eigenvalue weighted by molar-refractivity contribution is -0.314. The van der Waals surface area contributed by atoms with Crippen molar-refractivity contribution in [1.29, 1.82) is 0 Å². The molecule has 17 unspecified atom stereocenters. The Morgan fingerprint density at radius 2 is 1.50 bits per heavy atom. The molecule has 304 valence electrons. The molecule has 3 aliphatic heterocycles.